The molecule has 0 aromatic carbocycles. The molecule has 0 spiro atoms. The van der Waals surface area contributed by atoms with Crippen LogP contribution in [0.1, 0.15) is 39.0 Å². The van der Waals surface area contributed by atoms with Crippen molar-refractivity contribution in [2.24, 2.45) is 5.92 Å². The number of nitrogens with zero attached hydrogens (tertiary/aromatic N) is 1. The zero-order valence-electron chi connectivity index (χ0n) is 10.7. The number of amides is 1. The molecule has 0 radical (unpaired) electrons. The van der Waals surface area contributed by atoms with Crippen LogP contribution >= 0.6 is 0 Å². The number of carbonyl (C=O) groups is 1. The van der Waals surface area contributed by atoms with E-state index in [9.17, 15) is 9.90 Å². The van der Waals surface area contributed by atoms with Gasteiger partial charge in [0, 0.05) is 19.0 Å². The maximum absolute atomic E-state index is 12.2. The molecule has 2 fully saturated rings. The van der Waals surface area contributed by atoms with Crippen molar-refractivity contribution in [2.75, 3.05) is 19.7 Å². The first-order chi connectivity index (χ1) is 8.22. The first kappa shape index (κ1) is 12.8. The second-order valence-electron chi connectivity index (χ2n) is 5.45. The lowest BCUT2D eigenvalue weighted by molar-refractivity contribution is -0.133. The number of carbonyl (C=O) groups excluding carboxylic acids is 1. The number of likely N-dealkylation sites (tertiary alicyclic amines) is 1. The maximum Gasteiger partial charge on any atom is 0.224 e. The van der Waals surface area contributed by atoms with E-state index < -0.39 is 0 Å². The molecule has 2 saturated heterocycles. The van der Waals surface area contributed by atoms with Gasteiger partial charge in [0.05, 0.1) is 12.6 Å². The van der Waals surface area contributed by atoms with E-state index in [1.807, 2.05) is 4.90 Å². The van der Waals surface area contributed by atoms with Gasteiger partial charge in [-0.25, -0.2) is 0 Å². The van der Waals surface area contributed by atoms with Crippen molar-refractivity contribution in [3.63, 3.8) is 0 Å². The van der Waals surface area contributed by atoms with Gasteiger partial charge in [-0.3, -0.25) is 4.79 Å². The molecule has 0 aliphatic carbocycles. The minimum absolute atomic E-state index is 0.0707. The molecule has 0 bridgehead atoms. The SMILES string of the molecule is CC1CCCNC1CC(=O)N1CCCC1CO. The third-order valence-electron chi connectivity index (χ3n) is 4.23. The van der Waals surface area contributed by atoms with Crippen molar-refractivity contribution < 1.29 is 9.90 Å². The van der Waals surface area contributed by atoms with Gasteiger partial charge in [-0.1, -0.05) is 6.92 Å². The highest BCUT2D eigenvalue weighted by Gasteiger charge is 2.31. The van der Waals surface area contributed by atoms with Gasteiger partial charge in [0.15, 0.2) is 0 Å². The Labute approximate surface area is 103 Å². The fourth-order valence-corrected chi connectivity index (χ4v) is 3.05. The summed E-state index contributed by atoms with van der Waals surface area (Å²) in [7, 11) is 0. The number of rotatable bonds is 3. The Kier molecular flexibility index (Phi) is 4.40. The molecule has 17 heavy (non-hydrogen) atoms. The Bertz CT molecular complexity index is 270. The summed E-state index contributed by atoms with van der Waals surface area (Å²) < 4.78 is 0. The van der Waals surface area contributed by atoms with Crippen LogP contribution in [0.5, 0.6) is 0 Å². The molecular weight excluding hydrogens is 216 g/mol. The number of hydrogen-bond acceptors (Lipinski definition) is 3. The van der Waals surface area contributed by atoms with Gasteiger partial charge >= 0.3 is 0 Å². The average Bonchev–Trinajstić information content (AvgIpc) is 2.80. The van der Waals surface area contributed by atoms with Crippen molar-refractivity contribution in [3.8, 4) is 0 Å². The lowest BCUT2D eigenvalue weighted by atomic mass is 9.90. The first-order valence-electron chi connectivity index (χ1n) is 6.86. The summed E-state index contributed by atoms with van der Waals surface area (Å²) in [4.78, 5) is 14.1. The quantitative estimate of drug-likeness (QED) is 0.765. The predicted octanol–water partition coefficient (Wildman–Crippen LogP) is 0.748. The molecule has 1 amide bonds. The van der Waals surface area contributed by atoms with Crippen LogP contribution in [0, 0.1) is 5.92 Å². The van der Waals surface area contributed by atoms with Crippen molar-refractivity contribution in [2.45, 2.75) is 51.1 Å². The predicted molar refractivity (Wildman–Crippen MR) is 66.6 cm³/mol. The smallest absolute Gasteiger partial charge is 0.224 e. The third-order valence-corrected chi connectivity index (χ3v) is 4.23. The van der Waals surface area contributed by atoms with Crippen LogP contribution in [0.2, 0.25) is 0 Å². The summed E-state index contributed by atoms with van der Waals surface area (Å²) in [6.45, 7) is 4.19. The Hall–Kier alpha value is -0.610. The Balaban J connectivity index is 1.87. The molecule has 2 N–H and O–H groups in total. The molecule has 3 atom stereocenters. The van der Waals surface area contributed by atoms with Gasteiger partial charge in [0.2, 0.25) is 5.91 Å². The molecule has 0 saturated carbocycles. The van der Waals surface area contributed by atoms with Gasteiger partial charge in [-0.05, 0) is 38.1 Å². The van der Waals surface area contributed by atoms with Gasteiger partial charge in [0.25, 0.3) is 0 Å². The molecule has 98 valence electrons. The largest absolute Gasteiger partial charge is 0.394 e. The van der Waals surface area contributed by atoms with E-state index in [-0.39, 0.29) is 18.6 Å². The second-order valence-corrected chi connectivity index (χ2v) is 5.45. The van der Waals surface area contributed by atoms with Crippen LogP contribution in [0.4, 0.5) is 0 Å². The van der Waals surface area contributed by atoms with Crippen molar-refractivity contribution >= 4 is 5.91 Å². The zero-order valence-corrected chi connectivity index (χ0v) is 10.7. The lowest BCUT2D eigenvalue weighted by Crippen LogP contribution is -2.46. The number of nitrogens with one attached hydrogen (secondary N) is 1. The minimum Gasteiger partial charge on any atom is -0.394 e. The van der Waals surface area contributed by atoms with E-state index in [1.165, 1.54) is 12.8 Å². The summed E-state index contributed by atoms with van der Waals surface area (Å²) in [6.07, 6.45) is 5.02. The van der Waals surface area contributed by atoms with Gasteiger partial charge < -0.3 is 15.3 Å². The van der Waals surface area contributed by atoms with Crippen LogP contribution in [0.3, 0.4) is 0 Å². The van der Waals surface area contributed by atoms with E-state index in [1.54, 1.807) is 0 Å². The Morgan fingerprint density at radius 1 is 1.41 bits per heavy atom. The average molecular weight is 240 g/mol. The van der Waals surface area contributed by atoms with E-state index in [0.29, 0.717) is 18.4 Å². The van der Waals surface area contributed by atoms with Crippen LogP contribution in [-0.4, -0.2) is 47.7 Å². The van der Waals surface area contributed by atoms with Gasteiger partial charge in [-0.15, -0.1) is 0 Å². The highest BCUT2D eigenvalue weighted by atomic mass is 16.3. The highest BCUT2D eigenvalue weighted by Crippen LogP contribution is 2.22. The summed E-state index contributed by atoms with van der Waals surface area (Å²) in [5, 5.41) is 12.7. The fourth-order valence-electron chi connectivity index (χ4n) is 3.05. The summed E-state index contributed by atoms with van der Waals surface area (Å²) in [5.41, 5.74) is 0. The van der Waals surface area contributed by atoms with Crippen LogP contribution < -0.4 is 5.32 Å². The number of hydrogen-bond donors (Lipinski definition) is 2. The third kappa shape index (κ3) is 2.99. The molecular formula is C13H24N2O2. The van der Waals surface area contributed by atoms with Crippen LogP contribution in [0.15, 0.2) is 0 Å². The van der Waals surface area contributed by atoms with E-state index >= 15 is 0 Å². The van der Waals surface area contributed by atoms with E-state index in [4.69, 9.17) is 0 Å². The first-order valence-corrected chi connectivity index (χ1v) is 6.86. The van der Waals surface area contributed by atoms with Crippen molar-refractivity contribution in [1.82, 2.24) is 10.2 Å². The van der Waals surface area contributed by atoms with E-state index in [0.717, 1.165) is 25.9 Å². The monoisotopic (exact) mass is 240 g/mol. The lowest BCUT2D eigenvalue weighted by Gasteiger charge is -2.32. The number of piperidine rings is 1. The Morgan fingerprint density at radius 2 is 2.24 bits per heavy atom. The normalized spacial score (nSPS) is 34.0. The molecule has 0 aromatic rings. The molecule has 3 unspecified atom stereocenters. The van der Waals surface area contributed by atoms with Gasteiger partial charge in [-0.2, -0.15) is 0 Å². The summed E-state index contributed by atoms with van der Waals surface area (Å²) in [6, 6.07) is 0.401. The van der Waals surface area contributed by atoms with Crippen molar-refractivity contribution in [1.29, 1.82) is 0 Å². The van der Waals surface area contributed by atoms with E-state index in [2.05, 4.69) is 12.2 Å². The maximum atomic E-state index is 12.2. The highest BCUT2D eigenvalue weighted by molar-refractivity contribution is 5.77. The number of aliphatic hydroxyl groups is 1. The Morgan fingerprint density at radius 3 is 2.94 bits per heavy atom. The second kappa shape index (κ2) is 5.83. The van der Waals surface area contributed by atoms with Crippen LogP contribution in [-0.2, 0) is 4.79 Å². The standard InChI is InChI=1S/C13H24N2O2/c1-10-4-2-6-14-12(10)8-13(17)15-7-3-5-11(15)9-16/h10-12,14,16H,2-9H2,1H3. The topological polar surface area (TPSA) is 52.6 Å². The molecule has 2 aliphatic rings. The number of aliphatic hydroxyl groups excluding tert-OH is 1. The molecule has 2 rings (SSSR count). The van der Waals surface area contributed by atoms with Gasteiger partial charge in [0.1, 0.15) is 0 Å². The van der Waals surface area contributed by atoms with Crippen LogP contribution in [0.25, 0.3) is 0 Å². The van der Waals surface area contributed by atoms with Crippen molar-refractivity contribution in [3.05, 3.63) is 0 Å². The molecule has 0 aromatic heterocycles. The molecule has 4 nitrogen and oxygen atoms in total. The molecule has 2 aliphatic heterocycles. The summed E-state index contributed by atoms with van der Waals surface area (Å²) >= 11 is 0. The molecule has 4 heteroatoms. The summed E-state index contributed by atoms with van der Waals surface area (Å²) in [5.74, 6) is 0.802. The zero-order chi connectivity index (χ0) is 12.3. The fraction of sp³-hybridized carbons (Fsp3) is 0.923. The molecule has 2 heterocycles. The minimum atomic E-state index is 0.0707.